The molecule has 0 saturated carbocycles. The first-order valence-corrected chi connectivity index (χ1v) is 5.61. The van der Waals surface area contributed by atoms with Crippen LogP contribution in [0.25, 0.3) is 0 Å². The van der Waals surface area contributed by atoms with Gasteiger partial charge in [0.15, 0.2) is 0 Å². The molecule has 2 aromatic rings. The first-order chi connectivity index (χ1) is 9.06. The molecule has 5 nitrogen and oxygen atoms in total. The fourth-order valence-corrected chi connectivity index (χ4v) is 1.54. The zero-order valence-corrected chi connectivity index (χ0v) is 10.1. The minimum absolute atomic E-state index is 0.135. The molecule has 0 atom stereocenters. The number of hydrogen-bond acceptors (Lipinski definition) is 4. The van der Waals surface area contributed by atoms with E-state index in [2.05, 4.69) is 10.3 Å². The van der Waals surface area contributed by atoms with Gasteiger partial charge in [-0.3, -0.25) is 4.79 Å². The van der Waals surface area contributed by atoms with Gasteiger partial charge in [-0.15, -0.1) is 0 Å². The van der Waals surface area contributed by atoms with Crippen molar-refractivity contribution in [3.63, 3.8) is 0 Å². The number of pyridine rings is 1. The van der Waals surface area contributed by atoms with Crippen LogP contribution in [-0.2, 0) is 6.54 Å². The molecule has 98 valence electrons. The number of carbonyl (C=O) groups excluding carboxylic acids is 1. The van der Waals surface area contributed by atoms with Crippen molar-refractivity contribution < 1.29 is 9.18 Å². The highest BCUT2D eigenvalue weighted by Crippen LogP contribution is 2.16. The Balaban J connectivity index is 2.12. The van der Waals surface area contributed by atoms with Crippen molar-refractivity contribution in [2.45, 2.75) is 6.54 Å². The zero-order valence-electron chi connectivity index (χ0n) is 10.1. The van der Waals surface area contributed by atoms with Crippen molar-refractivity contribution in [2.24, 2.45) is 5.73 Å². The molecule has 0 aliphatic carbocycles. The zero-order chi connectivity index (χ0) is 13.8. The number of halogens is 1. The first kappa shape index (κ1) is 12.8. The summed E-state index contributed by atoms with van der Waals surface area (Å²) in [7, 11) is 0. The number of nitrogens with two attached hydrogens (primary N) is 2. The minimum atomic E-state index is -0.621. The van der Waals surface area contributed by atoms with Crippen LogP contribution in [0.15, 0.2) is 36.4 Å². The SMILES string of the molecule is NC(=O)c1ccc(N)c(NCc2ccc(F)cc2)n1. The number of anilines is 2. The lowest BCUT2D eigenvalue weighted by Gasteiger charge is -2.09. The second kappa shape index (κ2) is 5.34. The summed E-state index contributed by atoms with van der Waals surface area (Å²) in [4.78, 5) is 15.0. The Kier molecular flexibility index (Phi) is 3.61. The van der Waals surface area contributed by atoms with E-state index in [0.29, 0.717) is 18.1 Å². The van der Waals surface area contributed by atoms with E-state index in [4.69, 9.17) is 11.5 Å². The Bertz CT molecular complexity index is 598. The van der Waals surface area contributed by atoms with Gasteiger partial charge in [-0.2, -0.15) is 0 Å². The predicted octanol–water partition coefficient (Wildman–Crippen LogP) is 1.51. The molecule has 0 bridgehead atoms. The van der Waals surface area contributed by atoms with E-state index in [1.54, 1.807) is 18.2 Å². The number of amides is 1. The highest BCUT2D eigenvalue weighted by atomic mass is 19.1. The van der Waals surface area contributed by atoms with Crippen LogP contribution in [0.4, 0.5) is 15.9 Å². The quantitative estimate of drug-likeness (QED) is 0.776. The maximum Gasteiger partial charge on any atom is 0.267 e. The van der Waals surface area contributed by atoms with Gasteiger partial charge in [-0.05, 0) is 29.8 Å². The fraction of sp³-hybridized carbons (Fsp3) is 0.0769. The van der Waals surface area contributed by atoms with Gasteiger partial charge in [0.1, 0.15) is 17.3 Å². The molecular formula is C13H13FN4O. The molecule has 0 aliphatic rings. The summed E-state index contributed by atoms with van der Waals surface area (Å²) >= 11 is 0. The standard InChI is InChI=1S/C13H13FN4O/c14-9-3-1-8(2-4-9)7-17-13-10(15)5-6-11(18-13)12(16)19/h1-6H,7,15H2,(H2,16,19)(H,17,18). The maximum absolute atomic E-state index is 12.8. The molecule has 1 amide bonds. The van der Waals surface area contributed by atoms with Gasteiger partial charge in [0, 0.05) is 6.54 Å². The smallest absolute Gasteiger partial charge is 0.267 e. The fourth-order valence-electron chi connectivity index (χ4n) is 1.54. The van der Waals surface area contributed by atoms with Crippen LogP contribution < -0.4 is 16.8 Å². The third-order valence-corrected chi connectivity index (χ3v) is 2.55. The monoisotopic (exact) mass is 260 g/mol. The van der Waals surface area contributed by atoms with E-state index in [1.807, 2.05) is 0 Å². The maximum atomic E-state index is 12.8. The van der Waals surface area contributed by atoms with Gasteiger partial charge in [-0.1, -0.05) is 12.1 Å². The Hall–Kier alpha value is -2.63. The summed E-state index contributed by atoms with van der Waals surface area (Å²) < 4.78 is 12.8. The topological polar surface area (TPSA) is 94.0 Å². The molecule has 1 aromatic carbocycles. The highest BCUT2D eigenvalue weighted by Gasteiger charge is 2.06. The summed E-state index contributed by atoms with van der Waals surface area (Å²) in [5.41, 5.74) is 12.3. The summed E-state index contributed by atoms with van der Waals surface area (Å²) in [6, 6.07) is 9.05. The molecule has 0 radical (unpaired) electrons. The predicted molar refractivity (Wildman–Crippen MR) is 70.9 cm³/mol. The molecule has 1 heterocycles. The van der Waals surface area contributed by atoms with Gasteiger partial charge >= 0.3 is 0 Å². The number of nitrogen functional groups attached to an aromatic ring is 1. The number of hydrogen-bond donors (Lipinski definition) is 3. The van der Waals surface area contributed by atoms with Crippen LogP contribution >= 0.6 is 0 Å². The molecule has 0 saturated heterocycles. The number of carbonyl (C=O) groups is 1. The van der Waals surface area contributed by atoms with Crippen molar-refractivity contribution in [3.8, 4) is 0 Å². The van der Waals surface area contributed by atoms with Gasteiger partial charge in [0.05, 0.1) is 5.69 Å². The average Bonchev–Trinajstić information content (AvgIpc) is 2.39. The second-order valence-electron chi connectivity index (χ2n) is 3.98. The second-order valence-corrected chi connectivity index (χ2v) is 3.98. The molecule has 0 aliphatic heterocycles. The Morgan fingerprint density at radius 2 is 1.89 bits per heavy atom. The normalized spacial score (nSPS) is 10.2. The van der Waals surface area contributed by atoms with E-state index in [0.717, 1.165) is 5.56 Å². The van der Waals surface area contributed by atoms with E-state index in [1.165, 1.54) is 18.2 Å². The Morgan fingerprint density at radius 3 is 2.53 bits per heavy atom. The lowest BCUT2D eigenvalue weighted by molar-refractivity contribution is 0.0996. The Labute approximate surface area is 109 Å². The number of aromatic nitrogens is 1. The summed E-state index contributed by atoms with van der Waals surface area (Å²) in [5, 5.41) is 2.98. The van der Waals surface area contributed by atoms with Crippen LogP contribution in [0.5, 0.6) is 0 Å². The average molecular weight is 260 g/mol. The molecular weight excluding hydrogens is 247 g/mol. The molecule has 0 unspecified atom stereocenters. The van der Waals surface area contributed by atoms with Crippen LogP contribution in [0.2, 0.25) is 0 Å². The number of benzene rings is 1. The van der Waals surface area contributed by atoms with E-state index in [-0.39, 0.29) is 11.5 Å². The lowest BCUT2D eigenvalue weighted by atomic mass is 10.2. The summed E-state index contributed by atoms with van der Waals surface area (Å²) in [6.07, 6.45) is 0. The molecule has 5 N–H and O–H groups in total. The molecule has 1 aromatic heterocycles. The van der Waals surface area contributed by atoms with Crippen molar-refractivity contribution in [1.82, 2.24) is 4.98 Å². The summed E-state index contributed by atoms with van der Waals surface area (Å²) in [5.74, 6) is -0.539. The number of primary amides is 1. The van der Waals surface area contributed by atoms with E-state index in [9.17, 15) is 9.18 Å². The lowest BCUT2D eigenvalue weighted by Crippen LogP contribution is -2.15. The molecule has 19 heavy (non-hydrogen) atoms. The largest absolute Gasteiger partial charge is 0.396 e. The third kappa shape index (κ3) is 3.19. The van der Waals surface area contributed by atoms with Crippen LogP contribution in [0.3, 0.4) is 0 Å². The number of nitrogens with one attached hydrogen (secondary N) is 1. The molecule has 2 rings (SSSR count). The molecule has 6 heteroatoms. The molecule has 0 fully saturated rings. The Morgan fingerprint density at radius 1 is 1.21 bits per heavy atom. The van der Waals surface area contributed by atoms with E-state index >= 15 is 0 Å². The first-order valence-electron chi connectivity index (χ1n) is 5.61. The molecule has 0 spiro atoms. The van der Waals surface area contributed by atoms with Gasteiger partial charge in [0.25, 0.3) is 5.91 Å². The van der Waals surface area contributed by atoms with Crippen molar-refractivity contribution in [1.29, 1.82) is 0 Å². The highest BCUT2D eigenvalue weighted by molar-refractivity contribution is 5.91. The summed E-state index contributed by atoms with van der Waals surface area (Å²) in [6.45, 7) is 0.416. The minimum Gasteiger partial charge on any atom is -0.396 e. The number of rotatable bonds is 4. The van der Waals surface area contributed by atoms with Crippen molar-refractivity contribution in [2.75, 3.05) is 11.1 Å². The van der Waals surface area contributed by atoms with Crippen molar-refractivity contribution in [3.05, 3.63) is 53.5 Å². The van der Waals surface area contributed by atoms with Gasteiger partial charge in [-0.25, -0.2) is 9.37 Å². The van der Waals surface area contributed by atoms with Gasteiger partial charge < -0.3 is 16.8 Å². The van der Waals surface area contributed by atoms with Crippen LogP contribution in [-0.4, -0.2) is 10.9 Å². The van der Waals surface area contributed by atoms with E-state index < -0.39 is 5.91 Å². The third-order valence-electron chi connectivity index (χ3n) is 2.55. The van der Waals surface area contributed by atoms with Gasteiger partial charge in [0.2, 0.25) is 0 Å². The van der Waals surface area contributed by atoms with Crippen LogP contribution in [0.1, 0.15) is 16.1 Å². The number of nitrogens with zero attached hydrogens (tertiary/aromatic N) is 1. The van der Waals surface area contributed by atoms with Crippen LogP contribution in [0, 0.1) is 5.82 Å². The van der Waals surface area contributed by atoms with Crippen molar-refractivity contribution >= 4 is 17.4 Å².